The van der Waals surface area contributed by atoms with Crippen LogP contribution in [0.2, 0.25) is 0 Å². The Balaban J connectivity index is 2.65. The van der Waals surface area contributed by atoms with E-state index in [0.717, 1.165) is 5.56 Å². The number of rotatable bonds is 2. The van der Waals surface area contributed by atoms with Gasteiger partial charge >= 0.3 is 0 Å². The van der Waals surface area contributed by atoms with Crippen molar-refractivity contribution in [3.05, 3.63) is 41.1 Å². The normalized spacial score (nSPS) is 11.5. The van der Waals surface area contributed by atoms with E-state index in [9.17, 15) is 5.21 Å². The third-order valence-electron chi connectivity index (χ3n) is 1.26. The van der Waals surface area contributed by atoms with Crippen LogP contribution in [-0.4, -0.2) is 10.1 Å². The van der Waals surface area contributed by atoms with Gasteiger partial charge in [0, 0.05) is 5.56 Å². The summed E-state index contributed by atoms with van der Waals surface area (Å²) in [6, 6.07) is 9.07. The van der Waals surface area contributed by atoms with Crippen molar-refractivity contribution in [1.82, 2.24) is 0 Å². The van der Waals surface area contributed by atoms with E-state index >= 15 is 0 Å². The number of benzene rings is 1. The highest BCUT2D eigenvalue weighted by Gasteiger charge is 1.96. The molecule has 1 N–H and O–H groups in total. The van der Waals surface area contributed by atoms with Gasteiger partial charge in [0.2, 0.25) is 6.54 Å². The van der Waals surface area contributed by atoms with E-state index in [1.807, 2.05) is 18.2 Å². The van der Waals surface area contributed by atoms with Crippen LogP contribution >= 0.6 is 0 Å². The van der Waals surface area contributed by atoms with Crippen LogP contribution in [0.4, 0.5) is 0 Å². The topological polar surface area (TPSA) is 58.7 Å². The third kappa shape index (κ3) is 2.25. The Morgan fingerprint density at radius 3 is 2.55 bits per heavy atom. The predicted molar refractivity (Wildman–Crippen MR) is 38.0 cm³/mol. The predicted octanol–water partition coefficient (Wildman–Crippen LogP) is 1.54. The highest BCUT2D eigenvalue weighted by Crippen LogP contribution is 1.99. The lowest BCUT2D eigenvalue weighted by Crippen LogP contribution is -1.99. The Labute approximate surface area is 63.9 Å². The molecule has 1 aromatic rings. The molecule has 11 heavy (non-hydrogen) atoms. The van der Waals surface area contributed by atoms with Crippen molar-refractivity contribution < 1.29 is 10.1 Å². The molecule has 4 heteroatoms. The van der Waals surface area contributed by atoms with Gasteiger partial charge in [-0.15, -0.1) is 0 Å². The van der Waals surface area contributed by atoms with Crippen molar-refractivity contribution in [2.75, 3.05) is 0 Å². The summed E-state index contributed by atoms with van der Waals surface area (Å²) in [5.74, 6) is 0. The minimum Gasteiger partial charge on any atom is -0.597 e. The first-order chi connectivity index (χ1) is 5.33. The van der Waals surface area contributed by atoms with Crippen LogP contribution in [-0.2, 0) is 6.54 Å². The van der Waals surface area contributed by atoms with Crippen molar-refractivity contribution in [1.29, 1.82) is 0 Å². The van der Waals surface area contributed by atoms with Gasteiger partial charge in [-0.3, -0.25) is 0 Å². The summed E-state index contributed by atoms with van der Waals surface area (Å²) in [7, 11) is 0. The molecule has 58 valence electrons. The molecule has 1 aromatic carbocycles. The molecule has 0 aromatic heterocycles. The van der Waals surface area contributed by atoms with E-state index in [0.29, 0.717) is 0 Å². The average Bonchev–Trinajstić information content (AvgIpc) is 2.06. The van der Waals surface area contributed by atoms with Crippen LogP contribution in [0, 0.1) is 5.21 Å². The first-order valence-electron chi connectivity index (χ1n) is 3.16. The van der Waals surface area contributed by atoms with Gasteiger partial charge in [0.05, 0.1) is 0 Å². The molecule has 1 rings (SSSR count). The van der Waals surface area contributed by atoms with Crippen molar-refractivity contribution >= 4 is 0 Å². The molecule has 0 saturated carbocycles. The first-order valence-corrected chi connectivity index (χ1v) is 3.16. The Bertz CT molecular complexity index is 246. The summed E-state index contributed by atoms with van der Waals surface area (Å²) in [6.45, 7) is 0.0807. The van der Waals surface area contributed by atoms with Gasteiger partial charge in [0.1, 0.15) is 0 Å². The van der Waals surface area contributed by atoms with Crippen LogP contribution in [0.1, 0.15) is 5.56 Å². The number of hydrogen-bond donors (Lipinski definition) is 1. The quantitative estimate of drug-likeness (QED) is 0.397. The molecule has 0 bridgehead atoms. The largest absolute Gasteiger partial charge is 0.597 e. The van der Waals surface area contributed by atoms with Crippen LogP contribution in [0.15, 0.2) is 35.6 Å². The van der Waals surface area contributed by atoms with Crippen molar-refractivity contribution in [3.8, 4) is 0 Å². The van der Waals surface area contributed by atoms with Crippen LogP contribution in [0.5, 0.6) is 0 Å². The van der Waals surface area contributed by atoms with Crippen LogP contribution in [0.3, 0.4) is 0 Å². The maximum Gasteiger partial charge on any atom is 0.209 e. The minimum atomic E-state index is 0.0807. The zero-order valence-corrected chi connectivity index (χ0v) is 5.84. The minimum absolute atomic E-state index is 0.0807. The lowest BCUT2D eigenvalue weighted by molar-refractivity contribution is -0.570. The summed E-state index contributed by atoms with van der Waals surface area (Å²) < 4.78 is 0. The molecule has 0 unspecified atom stereocenters. The van der Waals surface area contributed by atoms with Crippen molar-refractivity contribution in [3.63, 3.8) is 0 Å². The van der Waals surface area contributed by atoms with Gasteiger partial charge in [-0.2, -0.15) is 0 Å². The summed E-state index contributed by atoms with van der Waals surface area (Å²) in [4.78, 5) is 0.218. The fourth-order valence-electron chi connectivity index (χ4n) is 0.771. The van der Waals surface area contributed by atoms with Gasteiger partial charge < -0.3 is 10.4 Å². The number of nitrogens with zero attached hydrogens (tertiary/aromatic N) is 2. The Kier molecular flexibility index (Phi) is 2.43. The molecule has 4 nitrogen and oxygen atoms in total. The SMILES string of the molecule is [O-]/[N+](Cc1ccccc1)=N\O. The number of hydrogen-bond acceptors (Lipinski definition) is 2. The summed E-state index contributed by atoms with van der Waals surface area (Å²) >= 11 is 0. The fourth-order valence-corrected chi connectivity index (χ4v) is 0.771. The van der Waals surface area contributed by atoms with E-state index in [1.165, 1.54) is 0 Å². The lowest BCUT2D eigenvalue weighted by atomic mass is 10.2. The second kappa shape index (κ2) is 3.55. The Morgan fingerprint density at radius 1 is 1.36 bits per heavy atom. The molecule has 0 aliphatic heterocycles. The van der Waals surface area contributed by atoms with Crippen molar-refractivity contribution in [2.45, 2.75) is 6.54 Å². The van der Waals surface area contributed by atoms with Gasteiger partial charge in [-0.1, -0.05) is 35.2 Å². The monoisotopic (exact) mass is 152 g/mol. The standard InChI is InChI=1S/C7H8N2O2/c10-8-9(11)6-7-4-2-1-3-5-7/h1-5,10H,6H2/b9-8-. The molecule has 0 saturated heterocycles. The Hall–Kier alpha value is -1.58. The van der Waals surface area contributed by atoms with Gasteiger partial charge in [-0.25, -0.2) is 0 Å². The van der Waals surface area contributed by atoms with E-state index in [4.69, 9.17) is 5.21 Å². The van der Waals surface area contributed by atoms with Crippen LogP contribution in [0.25, 0.3) is 0 Å². The Morgan fingerprint density at radius 2 is 2.00 bits per heavy atom. The van der Waals surface area contributed by atoms with Gasteiger partial charge in [0.15, 0.2) is 5.28 Å². The third-order valence-corrected chi connectivity index (χ3v) is 1.26. The highest BCUT2D eigenvalue weighted by atomic mass is 16.6. The zero-order valence-electron chi connectivity index (χ0n) is 5.84. The van der Waals surface area contributed by atoms with Crippen LogP contribution < -0.4 is 0 Å². The van der Waals surface area contributed by atoms with Gasteiger partial charge in [0.25, 0.3) is 0 Å². The molecule has 0 amide bonds. The first kappa shape index (κ1) is 7.53. The molecule has 0 fully saturated rings. The fraction of sp³-hybridized carbons (Fsp3) is 0.143. The molecule has 0 aliphatic carbocycles. The second-order valence-corrected chi connectivity index (χ2v) is 2.09. The molecule has 0 aliphatic rings. The maximum atomic E-state index is 10.5. The maximum absolute atomic E-state index is 10.5. The summed E-state index contributed by atoms with van der Waals surface area (Å²) in [6.07, 6.45) is 0. The molecule has 0 spiro atoms. The molecule has 0 atom stereocenters. The number of hydroxylamine groups is 1. The van der Waals surface area contributed by atoms with E-state index < -0.39 is 0 Å². The average molecular weight is 152 g/mol. The second-order valence-electron chi connectivity index (χ2n) is 2.09. The molecule has 0 heterocycles. The summed E-state index contributed by atoms with van der Waals surface area (Å²) in [5, 5.41) is 21.0. The van der Waals surface area contributed by atoms with E-state index in [2.05, 4.69) is 5.28 Å². The highest BCUT2D eigenvalue weighted by molar-refractivity contribution is 5.13. The molecule has 0 radical (unpaired) electrons. The lowest BCUT2D eigenvalue weighted by Gasteiger charge is -1.96. The zero-order chi connectivity index (χ0) is 8.10. The van der Waals surface area contributed by atoms with E-state index in [-0.39, 0.29) is 11.4 Å². The van der Waals surface area contributed by atoms with E-state index in [1.54, 1.807) is 12.1 Å². The smallest absolute Gasteiger partial charge is 0.209 e. The molecular weight excluding hydrogens is 144 g/mol. The van der Waals surface area contributed by atoms with Gasteiger partial charge in [-0.05, 0) is 0 Å². The summed E-state index contributed by atoms with van der Waals surface area (Å²) in [5.41, 5.74) is 0.820. The molecular formula is C7H8N2O2. The van der Waals surface area contributed by atoms with Crippen molar-refractivity contribution in [2.24, 2.45) is 5.28 Å².